The van der Waals surface area contributed by atoms with Crippen LogP contribution >= 0.6 is 7.82 Å². The number of phenolic OH excluding ortho intramolecular Hbond substituents is 1. The van der Waals surface area contributed by atoms with E-state index in [0.717, 1.165) is 24.8 Å². The first kappa shape index (κ1) is 22.2. The number of phosphoric ester groups is 1. The molecule has 0 fully saturated rings. The van der Waals surface area contributed by atoms with Crippen molar-refractivity contribution in [2.45, 2.75) is 19.1 Å². The third-order valence-corrected chi connectivity index (χ3v) is 4.11. The number of hydrogen-bond donors (Lipinski definition) is 4. The van der Waals surface area contributed by atoms with Gasteiger partial charge in [-0.1, -0.05) is 36.4 Å². The Morgan fingerprint density at radius 1 is 1.10 bits per heavy atom. The summed E-state index contributed by atoms with van der Waals surface area (Å²) in [6.45, 7) is 0.00969. The van der Waals surface area contributed by atoms with Crippen LogP contribution in [-0.2, 0) is 31.9 Å². The van der Waals surface area contributed by atoms with Gasteiger partial charge in [-0.15, -0.1) is 0 Å². The second-order valence-electron chi connectivity index (χ2n) is 5.87. The van der Waals surface area contributed by atoms with Gasteiger partial charge < -0.3 is 24.4 Å². The minimum Gasteiger partial charge on any atom is -0.504 e. The smallest absolute Gasteiger partial charge is 0.504 e. The summed E-state index contributed by atoms with van der Waals surface area (Å²) < 4.78 is 24.9. The fourth-order valence-electron chi connectivity index (χ4n) is 2.37. The van der Waals surface area contributed by atoms with Gasteiger partial charge in [0.15, 0.2) is 11.5 Å². The summed E-state index contributed by atoms with van der Waals surface area (Å²) in [5.41, 5.74) is 1.14. The van der Waals surface area contributed by atoms with Gasteiger partial charge in [0.05, 0.1) is 7.11 Å². The van der Waals surface area contributed by atoms with Crippen LogP contribution in [0.25, 0.3) is 0 Å². The van der Waals surface area contributed by atoms with Crippen LogP contribution in [0.15, 0.2) is 48.5 Å². The monoisotopic (exact) mass is 425 g/mol. The number of hydrogen-bond acceptors (Lipinski definition) is 7. The molecule has 1 amide bonds. The zero-order valence-corrected chi connectivity index (χ0v) is 16.2. The van der Waals surface area contributed by atoms with Crippen molar-refractivity contribution in [3.05, 3.63) is 59.7 Å². The molecule has 0 aliphatic heterocycles. The van der Waals surface area contributed by atoms with E-state index >= 15 is 0 Å². The highest BCUT2D eigenvalue weighted by Crippen LogP contribution is 2.41. The van der Waals surface area contributed by atoms with Gasteiger partial charge in [0, 0.05) is 6.42 Å². The number of methoxy groups -OCH3 is 1. The number of esters is 1. The van der Waals surface area contributed by atoms with Gasteiger partial charge in [-0.3, -0.25) is 9.79 Å². The van der Waals surface area contributed by atoms with Crippen LogP contribution in [0.4, 0.5) is 4.79 Å². The fraction of sp³-hybridized carbons (Fsp3) is 0.222. The SMILES string of the molecule is COC(=O)[C@H](Cc1ccc(OP(=O)(O)O)c(O)c1)NC(=O)OCc1ccccc1. The minimum absolute atomic E-state index is 0.00969. The van der Waals surface area contributed by atoms with Gasteiger partial charge in [0.1, 0.15) is 12.6 Å². The van der Waals surface area contributed by atoms with Crippen molar-refractivity contribution in [3.8, 4) is 11.5 Å². The topological polar surface area (TPSA) is 152 Å². The molecular formula is C18H20NO9P. The average Bonchev–Trinajstić information content (AvgIpc) is 2.67. The minimum atomic E-state index is -4.84. The molecule has 0 aliphatic rings. The Balaban J connectivity index is 2.03. The van der Waals surface area contributed by atoms with Gasteiger partial charge in [-0.05, 0) is 23.3 Å². The Morgan fingerprint density at radius 3 is 2.38 bits per heavy atom. The van der Waals surface area contributed by atoms with E-state index in [2.05, 4.69) is 14.6 Å². The lowest BCUT2D eigenvalue weighted by Crippen LogP contribution is -2.43. The molecule has 10 nitrogen and oxygen atoms in total. The molecule has 29 heavy (non-hydrogen) atoms. The highest BCUT2D eigenvalue weighted by molar-refractivity contribution is 7.46. The molecular weight excluding hydrogens is 405 g/mol. The van der Waals surface area contributed by atoms with Gasteiger partial charge >= 0.3 is 19.9 Å². The molecule has 0 bridgehead atoms. The first-order valence-electron chi connectivity index (χ1n) is 8.30. The summed E-state index contributed by atoms with van der Waals surface area (Å²) in [7, 11) is -3.68. The summed E-state index contributed by atoms with van der Waals surface area (Å²) in [5, 5.41) is 12.2. The maximum absolute atomic E-state index is 12.0. The Labute approximate surface area is 166 Å². The average molecular weight is 425 g/mol. The number of amides is 1. The van der Waals surface area contributed by atoms with Crippen LogP contribution in [-0.4, -0.2) is 40.1 Å². The van der Waals surface area contributed by atoms with Gasteiger partial charge in [-0.2, -0.15) is 0 Å². The van der Waals surface area contributed by atoms with Crippen LogP contribution in [0.5, 0.6) is 11.5 Å². The van der Waals surface area contributed by atoms with Crippen LogP contribution in [0, 0.1) is 0 Å². The van der Waals surface area contributed by atoms with E-state index in [0.29, 0.717) is 5.56 Å². The molecule has 0 aromatic heterocycles. The maximum Gasteiger partial charge on any atom is 0.524 e. The van der Waals surface area contributed by atoms with E-state index < -0.39 is 37.4 Å². The Kier molecular flexibility index (Phi) is 7.60. The molecule has 11 heteroatoms. The first-order chi connectivity index (χ1) is 13.7. The van der Waals surface area contributed by atoms with E-state index in [-0.39, 0.29) is 13.0 Å². The van der Waals surface area contributed by atoms with Gasteiger partial charge in [0.25, 0.3) is 0 Å². The largest absolute Gasteiger partial charge is 0.524 e. The van der Waals surface area contributed by atoms with E-state index in [1.54, 1.807) is 24.3 Å². The standard InChI is InChI=1S/C18H20NO9P/c1-26-17(21)14(19-18(22)27-11-12-5-3-2-4-6-12)9-13-7-8-16(15(20)10-13)28-29(23,24)25/h2-8,10,14,20H,9,11H2,1H3,(H,19,22)(H2,23,24,25)/t14-/m0/s1. The molecule has 0 spiro atoms. The number of carbonyl (C=O) groups is 2. The summed E-state index contributed by atoms with van der Waals surface area (Å²) in [6, 6.07) is 11.5. The van der Waals surface area contributed by atoms with Crippen molar-refractivity contribution in [1.82, 2.24) is 5.32 Å². The number of nitrogens with one attached hydrogen (secondary N) is 1. The second kappa shape index (κ2) is 9.92. The van der Waals surface area contributed by atoms with Gasteiger partial charge in [0.2, 0.25) is 0 Å². The number of phosphoric acid groups is 1. The van der Waals surface area contributed by atoms with E-state index in [4.69, 9.17) is 14.5 Å². The zero-order valence-electron chi connectivity index (χ0n) is 15.3. The number of aromatic hydroxyl groups is 1. The summed E-state index contributed by atoms with van der Waals surface area (Å²) in [4.78, 5) is 41.6. The third kappa shape index (κ3) is 7.46. The number of carbonyl (C=O) groups excluding carboxylic acids is 2. The lowest BCUT2D eigenvalue weighted by atomic mass is 10.1. The van der Waals surface area contributed by atoms with Gasteiger partial charge in [-0.25, -0.2) is 14.2 Å². The van der Waals surface area contributed by atoms with E-state index in [1.165, 1.54) is 6.07 Å². The molecule has 2 aromatic rings. The summed E-state index contributed by atoms with van der Waals surface area (Å²) in [6.07, 6.45) is -0.911. The molecule has 0 aliphatic carbocycles. The zero-order chi connectivity index (χ0) is 21.4. The van der Waals surface area contributed by atoms with E-state index in [9.17, 15) is 19.3 Å². The van der Waals surface area contributed by atoms with Crippen molar-refractivity contribution in [3.63, 3.8) is 0 Å². The Hall–Kier alpha value is -3.07. The predicted molar refractivity (Wildman–Crippen MR) is 100 cm³/mol. The second-order valence-corrected chi connectivity index (χ2v) is 7.03. The Morgan fingerprint density at radius 2 is 1.79 bits per heavy atom. The number of benzene rings is 2. The van der Waals surface area contributed by atoms with Crippen molar-refractivity contribution in [2.24, 2.45) is 0 Å². The van der Waals surface area contributed by atoms with E-state index in [1.807, 2.05) is 6.07 Å². The Bertz CT molecular complexity index is 897. The lowest BCUT2D eigenvalue weighted by molar-refractivity contribution is -0.143. The lowest BCUT2D eigenvalue weighted by Gasteiger charge is -2.17. The van der Waals surface area contributed by atoms with Crippen molar-refractivity contribution in [1.29, 1.82) is 0 Å². The molecule has 2 aromatic carbocycles. The third-order valence-electron chi connectivity index (χ3n) is 3.67. The molecule has 0 unspecified atom stereocenters. The van der Waals surface area contributed by atoms with Crippen LogP contribution in [0.1, 0.15) is 11.1 Å². The highest BCUT2D eigenvalue weighted by atomic mass is 31.2. The fourth-order valence-corrected chi connectivity index (χ4v) is 2.78. The maximum atomic E-state index is 12.0. The molecule has 0 radical (unpaired) electrons. The number of ether oxygens (including phenoxy) is 2. The van der Waals surface area contributed by atoms with Crippen molar-refractivity contribution >= 4 is 19.9 Å². The number of phenols is 1. The van der Waals surface area contributed by atoms with Crippen LogP contribution in [0.2, 0.25) is 0 Å². The molecule has 0 saturated carbocycles. The quantitative estimate of drug-likeness (QED) is 0.367. The molecule has 1 atom stereocenters. The molecule has 4 N–H and O–H groups in total. The predicted octanol–water partition coefficient (Wildman–Crippen LogP) is 1.87. The highest BCUT2D eigenvalue weighted by Gasteiger charge is 2.24. The van der Waals surface area contributed by atoms with Crippen molar-refractivity contribution in [2.75, 3.05) is 7.11 Å². The number of rotatable bonds is 8. The molecule has 0 heterocycles. The number of alkyl carbamates (subject to hydrolysis) is 1. The van der Waals surface area contributed by atoms with Crippen LogP contribution < -0.4 is 9.84 Å². The van der Waals surface area contributed by atoms with Crippen molar-refractivity contribution < 1.29 is 43.0 Å². The molecule has 0 saturated heterocycles. The molecule has 156 valence electrons. The van der Waals surface area contributed by atoms with Crippen LogP contribution in [0.3, 0.4) is 0 Å². The summed E-state index contributed by atoms with van der Waals surface area (Å²) >= 11 is 0. The summed E-state index contributed by atoms with van der Waals surface area (Å²) in [5.74, 6) is -1.70. The normalized spacial score (nSPS) is 12.0. The molecule has 2 rings (SSSR count). The first-order valence-corrected chi connectivity index (χ1v) is 9.83.